The molecule has 2 rings (SSSR count). The second-order valence-electron chi connectivity index (χ2n) is 5.11. The molecule has 0 saturated carbocycles. The van der Waals surface area contributed by atoms with E-state index >= 15 is 0 Å². The van der Waals surface area contributed by atoms with Gasteiger partial charge in [-0.1, -0.05) is 12.1 Å². The molecule has 1 amide bonds. The van der Waals surface area contributed by atoms with Crippen LogP contribution >= 0.6 is 0 Å². The predicted molar refractivity (Wildman–Crippen MR) is 90.1 cm³/mol. The van der Waals surface area contributed by atoms with E-state index in [1.807, 2.05) is 13.8 Å². The Balaban J connectivity index is 2.18. The van der Waals surface area contributed by atoms with Crippen LogP contribution in [0.4, 0.5) is 0 Å². The molecule has 2 aromatic carbocycles. The van der Waals surface area contributed by atoms with Crippen LogP contribution in [0.3, 0.4) is 0 Å². The second kappa shape index (κ2) is 7.58. The quantitative estimate of drug-likeness (QED) is 0.768. The van der Waals surface area contributed by atoms with Crippen LogP contribution in [0, 0.1) is 0 Å². The highest BCUT2D eigenvalue weighted by molar-refractivity contribution is 6.09. The number of hydrogen-bond donors (Lipinski definition) is 0. The first-order valence-corrected chi connectivity index (χ1v) is 7.68. The molecular weight excluding hydrogens is 290 g/mol. The minimum Gasteiger partial charge on any atom is -0.497 e. The van der Waals surface area contributed by atoms with Gasteiger partial charge in [-0.2, -0.15) is 0 Å². The van der Waals surface area contributed by atoms with Crippen molar-refractivity contribution in [1.82, 2.24) is 4.90 Å². The lowest BCUT2D eigenvalue weighted by molar-refractivity contribution is 0.0772. The fraction of sp³-hybridized carbons (Fsp3) is 0.263. The first kappa shape index (κ1) is 16.7. The Morgan fingerprint density at radius 2 is 1.26 bits per heavy atom. The van der Waals surface area contributed by atoms with Crippen molar-refractivity contribution in [3.05, 3.63) is 65.2 Å². The third-order valence-electron chi connectivity index (χ3n) is 3.80. The van der Waals surface area contributed by atoms with Crippen molar-refractivity contribution in [3.8, 4) is 5.75 Å². The van der Waals surface area contributed by atoms with Gasteiger partial charge >= 0.3 is 0 Å². The summed E-state index contributed by atoms with van der Waals surface area (Å²) in [6.45, 7) is 5.23. The molecule has 2 aromatic rings. The highest BCUT2D eigenvalue weighted by atomic mass is 16.5. The van der Waals surface area contributed by atoms with Crippen molar-refractivity contribution < 1.29 is 14.3 Å². The van der Waals surface area contributed by atoms with E-state index < -0.39 is 0 Å². The first-order chi connectivity index (χ1) is 11.1. The van der Waals surface area contributed by atoms with E-state index in [4.69, 9.17) is 4.74 Å². The molecule has 0 unspecified atom stereocenters. The third-order valence-corrected chi connectivity index (χ3v) is 3.80. The van der Waals surface area contributed by atoms with Gasteiger partial charge in [0.1, 0.15) is 5.75 Å². The number of hydrogen-bond acceptors (Lipinski definition) is 3. The van der Waals surface area contributed by atoms with Crippen molar-refractivity contribution in [1.29, 1.82) is 0 Å². The van der Waals surface area contributed by atoms with Crippen molar-refractivity contribution in [2.45, 2.75) is 13.8 Å². The molecule has 0 radical (unpaired) electrons. The Morgan fingerprint density at radius 3 is 1.70 bits per heavy atom. The molecular formula is C19H21NO3. The molecule has 0 aliphatic rings. The van der Waals surface area contributed by atoms with E-state index in [2.05, 4.69) is 0 Å². The van der Waals surface area contributed by atoms with Crippen molar-refractivity contribution >= 4 is 11.7 Å². The molecule has 0 heterocycles. The molecule has 0 fully saturated rings. The molecule has 0 spiro atoms. The van der Waals surface area contributed by atoms with E-state index in [0.29, 0.717) is 35.5 Å². The molecule has 0 bridgehead atoms. The van der Waals surface area contributed by atoms with Crippen LogP contribution in [0.1, 0.15) is 40.1 Å². The highest BCUT2D eigenvalue weighted by Gasteiger charge is 2.14. The zero-order valence-corrected chi connectivity index (χ0v) is 13.7. The normalized spacial score (nSPS) is 10.2. The zero-order chi connectivity index (χ0) is 16.8. The summed E-state index contributed by atoms with van der Waals surface area (Å²) in [7, 11) is 1.59. The number of rotatable bonds is 6. The topological polar surface area (TPSA) is 46.6 Å². The average Bonchev–Trinajstić information content (AvgIpc) is 2.62. The largest absolute Gasteiger partial charge is 0.497 e. The van der Waals surface area contributed by atoms with Crippen LogP contribution in [-0.4, -0.2) is 36.8 Å². The summed E-state index contributed by atoms with van der Waals surface area (Å²) in [6, 6.07) is 13.8. The van der Waals surface area contributed by atoms with Gasteiger partial charge in [0.05, 0.1) is 7.11 Å². The number of carbonyl (C=O) groups is 2. The number of methoxy groups -OCH3 is 1. The van der Waals surface area contributed by atoms with Gasteiger partial charge in [-0.25, -0.2) is 0 Å². The smallest absolute Gasteiger partial charge is 0.253 e. The Kier molecular flexibility index (Phi) is 5.52. The minimum atomic E-state index is -0.0745. The maximum absolute atomic E-state index is 12.4. The van der Waals surface area contributed by atoms with Crippen molar-refractivity contribution in [2.75, 3.05) is 20.2 Å². The van der Waals surface area contributed by atoms with Crippen LogP contribution < -0.4 is 4.74 Å². The SMILES string of the molecule is CCN(CC)C(=O)c1ccc(C(=O)c2ccc(OC)cc2)cc1. The number of ketones is 1. The lowest BCUT2D eigenvalue weighted by Gasteiger charge is -2.18. The number of amides is 1. The Labute approximate surface area is 136 Å². The van der Waals surface area contributed by atoms with Crippen LogP contribution in [0.5, 0.6) is 5.75 Å². The van der Waals surface area contributed by atoms with E-state index in [9.17, 15) is 9.59 Å². The fourth-order valence-electron chi connectivity index (χ4n) is 2.37. The lowest BCUT2D eigenvalue weighted by atomic mass is 10.0. The maximum Gasteiger partial charge on any atom is 0.253 e. The van der Waals surface area contributed by atoms with E-state index in [1.54, 1.807) is 60.5 Å². The second-order valence-corrected chi connectivity index (χ2v) is 5.11. The van der Waals surface area contributed by atoms with Crippen molar-refractivity contribution in [3.63, 3.8) is 0 Å². The number of carbonyl (C=O) groups excluding carboxylic acids is 2. The van der Waals surface area contributed by atoms with E-state index in [-0.39, 0.29) is 11.7 Å². The summed E-state index contributed by atoms with van der Waals surface area (Å²) in [5, 5.41) is 0. The zero-order valence-electron chi connectivity index (χ0n) is 13.7. The summed E-state index contributed by atoms with van der Waals surface area (Å²) in [5.41, 5.74) is 1.75. The fourth-order valence-corrected chi connectivity index (χ4v) is 2.37. The summed E-state index contributed by atoms with van der Waals surface area (Å²) in [5.74, 6) is 0.620. The Morgan fingerprint density at radius 1 is 0.826 bits per heavy atom. The van der Waals surface area contributed by atoms with Gasteiger partial charge in [0.15, 0.2) is 5.78 Å². The molecule has 0 atom stereocenters. The molecule has 0 aliphatic heterocycles. The summed E-state index contributed by atoms with van der Waals surface area (Å²) in [6.07, 6.45) is 0. The van der Waals surface area contributed by atoms with Crippen molar-refractivity contribution in [2.24, 2.45) is 0 Å². The number of nitrogens with zero attached hydrogens (tertiary/aromatic N) is 1. The van der Waals surface area contributed by atoms with Crippen LogP contribution in [-0.2, 0) is 0 Å². The number of ether oxygens (including phenoxy) is 1. The monoisotopic (exact) mass is 311 g/mol. The van der Waals surface area contributed by atoms with Gasteiger partial charge in [-0.15, -0.1) is 0 Å². The molecule has 0 N–H and O–H groups in total. The molecule has 120 valence electrons. The first-order valence-electron chi connectivity index (χ1n) is 7.68. The average molecular weight is 311 g/mol. The van der Waals surface area contributed by atoms with Crippen LogP contribution in [0.25, 0.3) is 0 Å². The third kappa shape index (κ3) is 3.77. The molecule has 0 saturated heterocycles. The lowest BCUT2D eigenvalue weighted by Crippen LogP contribution is -2.30. The summed E-state index contributed by atoms with van der Waals surface area (Å²) >= 11 is 0. The summed E-state index contributed by atoms with van der Waals surface area (Å²) < 4.78 is 5.09. The molecule has 0 aliphatic carbocycles. The van der Waals surface area contributed by atoms with Crippen LogP contribution in [0.15, 0.2) is 48.5 Å². The Hall–Kier alpha value is -2.62. The number of benzene rings is 2. The van der Waals surface area contributed by atoms with Gasteiger partial charge in [0.25, 0.3) is 5.91 Å². The standard InChI is InChI=1S/C19H21NO3/c1-4-20(5-2)19(22)16-8-6-14(7-9-16)18(21)15-10-12-17(23-3)13-11-15/h6-13H,4-5H2,1-3H3. The minimum absolute atomic E-state index is 0.0153. The molecule has 4 nitrogen and oxygen atoms in total. The van der Waals surface area contributed by atoms with Gasteiger partial charge in [0.2, 0.25) is 0 Å². The van der Waals surface area contributed by atoms with E-state index in [0.717, 1.165) is 0 Å². The predicted octanol–water partition coefficient (Wildman–Crippen LogP) is 3.41. The highest BCUT2D eigenvalue weighted by Crippen LogP contribution is 2.16. The van der Waals surface area contributed by atoms with E-state index in [1.165, 1.54) is 0 Å². The Bertz CT molecular complexity index is 671. The maximum atomic E-state index is 12.4. The molecule has 23 heavy (non-hydrogen) atoms. The molecule has 4 heteroatoms. The van der Waals surface area contributed by atoms with Gasteiger partial charge in [0, 0.05) is 29.8 Å². The van der Waals surface area contributed by atoms with Gasteiger partial charge in [-0.3, -0.25) is 9.59 Å². The molecule has 0 aromatic heterocycles. The van der Waals surface area contributed by atoms with Gasteiger partial charge in [-0.05, 0) is 50.2 Å². The van der Waals surface area contributed by atoms with Gasteiger partial charge < -0.3 is 9.64 Å². The van der Waals surface area contributed by atoms with Crippen LogP contribution in [0.2, 0.25) is 0 Å². The summed E-state index contributed by atoms with van der Waals surface area (Å²) in [4.78, 5) is 26.4.